The topological polar surface area (TPSA) is 37.9 Å². The van der Waals surface area contributed by atoms with Gasteiger partial charge in [-0.25, -0.2) is 4.98 Å². The molecule has 0 atom stereocenters. The minimum absolute atomic E-state index is 0.0605. The number of aromatic amines is 1. The monoisotopic (exact) mass is 430 g/mol. The molecule has 28 heavy (non-hydrogen) atoms. The summed E-state index contributed by atoms with van der Waals surface area (Å²) in [5, 5.41) is -0.194. The van der Waals surface area contributed by atoms with Crippen LogP contribution in [0.15, 0.2) is 36.4 Å². The van der Waals surface area contributed by atoms with Crippen molar-refractivity contribution in [1.29, 1.82) is 0 Å². The van der Waals surface area contributed by atoms with Crippen LogP contribution in [-0.2, 0) is 12.1 Å². The molecule has 0 fully saturated rings. The molecule has 0 amide bonds. The van der Waals surface area contributed by atoms with Crippen LogP contribution in [0.2, 0.25) is 5.02 Å². The van der Waals surface area contributed by atoms with E-state index in [9.17, 15) is 35.1 Å². The molecule has 0 bridgehead atoms. The molecule has 0 unspecified atom stereocenters. The molecule has 3 aromatic rings. The van der Waals surface area contributed by atoms with Crippen LogP contribution in [0.3, 0.4) is 0 Å². The van der Waals surface area contributed by atoms with Gasteiger partial charge in [0.05, 0.1) is 21.6 Å². The summed E-state index contributed by atoms with van der Waals surface area (Å²) in [5.74, 6) is -7.08. The number of hydrogen-bond acceptors (Lipinski definition) is 2. The Hall–Kier alpha value is -2.56. The number of imidazole rings is 1. The zero-order valence-electron chi connectivity index (χ0n) is 13.2. The lowest BCUT2D eigenvalue weighted by atomic mass is 10.2. The van der Waals surface area contributed by atoms with Gasteiger partial charge in [-0.1, -0.05) is 11.6 Å². The first-order valence-corrected chi connectivity index (χ1v) is 7.66. The van der Waals surface area contributed by atoms with E-state index < -0.39 is 29.7 Å². The summed E-state index contributed by atoms with van der Waals surface area (Å²) in [6.07, 6.45) is -10.4. The molecular weight excluding hydrogens is 424 g/mol. The molecule has 3 rings (SSSR count). The Labute approximate surface area is 155 Å². The maximum absolute atomic E-state index is 13.4. The van der Waals surface area contributed by atoms with Gasteiger partial charge in [-0.15, -0.1) is 0 Å². The molecule has 0 radical (unpaired) electrons. The van der Waals surface area contributed by atoms with Gasteiger partial charge in [-0.05, 0) is 30.3 Å². The summed E-state index contributed by atoms with van der Waals surface area (Å²) in [4.78, 5) is 5.06. The lowest BCUT2D eigenvalue weighted by Gasteiger charge is -2.16. The number of halogens is 9. The zero-order chi connectivity index (χ0) is 20.9. The first kappa shape index (κ1) is 20.2. The van der Waals surface area contributed by atoms with Crippen LogP contribution in [0.1, 0.15) is 11.4 Å². The van der Waals surface area contributed by atoms with Crippen LogP contribution in [0.25, 0.3) is 11.0 Å². The standard InChI is InChI=1S/C16H7ClF8N2O/c17-9-5-10-11(27-13(26-10)14(18,19)16(23,24)25)6-12(9)28-8-3-1-7(2-4-8)15(20,21)22/h1-6H,(H,26,27). The third-order valence-corrected chi connectivity index (χ3v) is 3.89. The summed E-state index contributed by atoms with van der Waals surface area (Å²) in [7, 11) is 0. The number of benzene rings is 2. The Balaban J connectivity index is 1.94. The number of aromatic nitrogens is 2. The number of alkyl halides is 8. The first-order valence-electron chi connectivity index (χ1n) is 7.28. The third kappa shape index (κ3) is 3.71. The van der Waals surface area contributed by atoms with Crippen molar-refractivity contribution in [3.05, 3.63) is 52.8 Å². The number of rotatable bonds is 3. The number of nitrogens with one attached hydrogen (secondary N) is 1. The summed E-state index contributed by atoms with van der Waals surface area (Å²) in [6.45, 7) is 0. The molecule has 12 heteroatoms. The van der Waals surface area contributed by atoms with E-state index in [1.165, 1.54) is 0 Å². The van der Waals surface area contributed by atoms with E-state index in [0.717, 1.165) is 36.4 Å². The molecule has 1 N–H and O–H groups in total. The van der Waals surface area contributed by atoms with Gasteiger partial charge in [0.2, 0.25) is 0 Å². The number of nitrogens with zero attached hydrogens (tertiary/aromatic N) is 1. The Kier molecular flexibility index (Phi) is 4.69. The van der Waals surface area contributed by atoms with E-state index in [1.54, 1.807) is 0 Å². The fourth-order valence-corrected chi connectivity index (χ4v) is 2.41. The minimum Gasteiger partial charge on any atom is -0.456 e. The fourth-order valence-electron chi connectivity index (χ4n) is 2.21. The molecule has 0 spiro atoms. The van der Waals surface area contributed by atoms with E-state index in [0.29, 0.717) is 0 Å². The predicted molar refractivity (Wildman–Crippen MR) is 82.6 cm³/mol. The Bertz CT molecular complexity index is 1010. The van der Waals surface area contributed by atoms with E-state index in [1.807, 2.05) is 4.98 Å². The van der Waals surface area contributed by atoms with Crippen LogP contribution in [0.4, 0.5) is 35.1 Å². The van der Waals surface area contributed by atoms with E-state index in [-0.39, 0.29) is 27.6 Å². The van der Waals surface area contributed by atoms with Gasteiger partial charge in [-0.3, -0.25) is 0 Å². The molecule has 0 saturated heterocycles. The second-order valence-electron chi connectivity index (χ2n) is 5.58. The summed E-state index contributed by atoms with van der Waals surface area (Å²) in [5.41, 5.74) is -1.43. The van der Waals surface area contributed by atoms with Crippen molar-refractivity contribution in [3.63, 3.8) is 0 Å². The van der Waals surface area contributed by atoms with Crippen LogP contribution in [-0.4, -0.2) is 16.1 Å². The highest BCUT2D eigenvalue weighted by molar-refractivity contribution is 6.32. The fraction of sp³-hybridized carbons (Fsp3) is 0.188. The van der Waals surface area contributed by atoms with Crippen LogP contribution >= 0.6 is 11.6 Å². The first-order chi connectivity index (χ1) is 12.8. The maximum atomic E-state index is 13.4. The van der Waals surface area contributed by atoms with Gasteiger partial charge in [-0.2, -0.15) is 35.1 Å². The highest BCUT2D eigenvalue weighted by Gasteiger charge is 2.61. The maximum Gasteiger partial charge on any atom is 0.461 e. The Morgan fingerprint density at radius 2 is 1.50 bits per heavy atom. The largest absolute Gasteiger partial charge is 0.461 e. The lowest BCUT2D eigenvalue weighted by molar-refractivity contribution is -0.292. The number of H-pyrrole nitrogens is 1. The Morgan fingerprint density at radius 1 is 0.893 bits per heavy atom. The molecule has 0 aliphatic carbocycles. The molecule has 0 saturated carbocycles. The van der Waals surface area contributed by atoms with Crippen molar-refractivity contribution in [2.75, 3.05) is 0 Å². The van der Waals surface area contributed by atoms with Crippen molar-refractivity contribution in [1.82, 2.24) is 9.97 Å². The molecule has 0 aliphatic heterocycles. The van der Waals surface area contributed by atoms with Crippen molar-refractivity contribution in [3.8, 4) is 11.5 Å². The van der Waals surface area contributed by atoms with Gasteiger partial charge >= 0.3 is 18.3 Å². The second kappa shape index (κ2) is 6.50. The van der Waals surface area contributed by atoms with E-state index >= 15 is 0 Å². The number of fused-ring (bicyclic) bond motifs is 1. The molecule has 1 heterocycles. The minimum atomic E-state index is -5.86. The lowest BCUT2D eigenvalue weighted by Crippen LogP contribution is -2.34. The van der Waals surface area contributed by atoms with Crippen molar-refractivity contribution in [2.45, 2.75) is 18.3 Å². The summed E-state index contributed by atoms with van der Waals surface area (Å²) < 4.78 is 107. The van der Waals surface area contributed by atoms with Crippen LogP contribution in [0.5, 0.6) is 11.5 Å². The normalized spacial score (nSPS) is 13.2. The van der Waals surface area contributed by atoms with Gasteiger partial charge < -0.3 is 9.72 Å². The van der Waals surface area contributed by atoms with E-state index in [2.05, 4.69) is 4.98 Å². The van der Waals surface area contributed by atoms with Crippen LogP contribution < -0.4 is 4.74 Å². The van der Waals surface area contributed by atoms with Crippen molar-refractivity contribution in [2.24, 2.45) is 0 Å². The van der Waals surface area contributed by atoms with Crippen LogP contribution in [0, 0.1) is 0 Å². The van der Waals surface area contributed by atoms with Crippen molar-refractivity contribution >= 4 is 22.6 Å². The second-order valence-corrected chi connectivity index (χ2v) is 5.99. The van der Waals surface area contributed by atoms with E-state index in [4.69, 9.17) is 16.3 Å². The highest BCUT2D eigenvalue weighted by atomic mass is 35.5. The van der Waals surface area contributed by atoms with Gasteiger partial charge in [0.15, 0.2) is 5.82 Å². The SMILES string of the molecule is FC(F)(F)c1ccc(Oc2cc3[nH]c(C(F)(F)C(F)(F)F)nc3cc2Cl)cc1. The molecule has 150 valence electrons. The van der Waals surface area contributed by atoms with Gasteiger partial charge in [0, 0.05) is 6.07 Å². The molecule has 2 aromatic carbocycles. The average molecular weight is 431 g/mol. The molecule has 0 aliphatic rings. The van der Waals surface area contributed by atoms with Gasteiger partial charge in [0.25, 0.3) is 0 Å². The zero-order valence-corrected chi connectivity index (χ0v) is 14.0. The van der Waals surface area contributed by atoms with Gasteiger partial charge in [0.1, 0.15) is 11.5 Å². The van der Waals surface area contributed by atoms with Crippen molar-refractivity contribution < 1.29 is 39.9 Å². The molecule has 1 aromatic heterocycles. The predicted octanol–water partition coefficient (Wildman–Crippen LogP) is 6.68. The highest BCUT2D eigenvalue weighted by Crippen LogP contribution is 2.43. The molecule has 3 nitrogen and oxygen atoms in total. The smallest absolute Gasteiger partial charge is 0.456 e. The molecular formula is C16H7ClF8N2O. The quantitative estimate of drug-likeness (QED) is 0.471. The third-order valence-electron chi connectivity index (χ3n) is 3.60. The number of hydrogen-bond donors (Lipinski definition) is 1. The number of ether oxygens (including phenoxy) is 1. The summed E-state index contributed by atoms with van der Waals surface area (Å²) in [6, 6.07) is 5.50. The Morgan fingerprint density at radius 3 is 2.04 bits per heavy atom. The summed E-state index contributed by atoms with van der Waals surface area (Å²) >= 11 is 5.90. The average Bonchev–Trinajstić information content (AvgIpc) is 2.97.